The summed E-state index contributed by atoms with van der Waals surface area (Å²) in [7, 11) is 0. The highest BCUT2D eigenvalue weighted by molar-refractivity contribution is 5.41. The van der Waals surface area contributed by atoms with Crippen LogP contribution in [0.4, 0.5) is 0 Å². The molecule has 0 bridgehead atoms. The highest BCUT2D eigenvalue weighted by Gasteiger charge is 2.21. The lowest BCUT2D eigenvalue weighted by atomic mass is 9.77. The molecule has 0 aliphatic heterocycles. The van der Waals surface area contributed by atoms with Gasteiger partial charge in [0.1, 0.15) is 5.69 Å². The van der Waals surface area contributed by atoms with Crippen molar-refractivity contribution in [1.29, 1.82) is 0 Å². The molecule has 1 fully saturated rings. The Morgan fingerprint density at radius 3 is 2.33 bits per heavy atom. The fourth-order valence-corrected chi connectivity index (χ4v) is 3.71. The maximum atomic E-state index is 4.33. The van der Waals surface area contributed by atoms with Crippen molar-refractivity contribution in [3.8, 4) is 11.8 Å². The molecule has 1 aliphatic carbocycles. The summed E-state index contributed by atoms with van der Waals surface area (Å²) >= 11 is 0. The summed E-state index contributed by atoms with van der Waals surface area (Å²) in [5.74, 6) is 8.09. The van der Waals surface area contributed by atoms with Gasteiger partial charge in [-0.05, 0) is 79.7 Å². The first kappa shape index (κ1) is 16.8. The van der Waals surface area contributed by atoms with Crippen LogP contribution in [0.5, 0.6) is 0 Å². The number of rotatable bonds is 3. The summed E-state index contributed by atoms with van der Waals surface area (Å²) in [5.41, 5.74) is 4.56. The highest BCUT2D eigenvalue weighted by Crippen LogP contribution is 2.37. The number of benzene rings is 1. The fraction of sp³-hybridized carbons (Fsp3) is 0.435. The van der Waals surface area contributed by atoms with Gasteiger partial charge in [0.15, 0.2) is 0 Å². The molecule has 0 atom stereocenters. The van der Waals surface area contributed by atoms with Crippen molar-refractivity contribution in [2.75, 3.05) is 0 Å². The molecular formula is C23H27N. The number of nitrogens with zero attached hydrogens (tertiary/aromatic N) is 1. The van der Waals surface area contributed by atoms with Crippen LogP contribution in [-0.4, -0.2) is 4.98 Å². The van der Waals surface area contributed by atoms with E-state index in [0.29, 0.717) is 0 Å². The van der Waals surface area contributed by atoms with Gasteiger partial charge in [-0.3, -0.25) is 0 Å². The minimum Gasteiger partial charge on any atom is -0.248 e. The Morgan fingerprint density at radius 2 is 1.71 bits per heavy atom. The molecule has 1 heteroatoms. The van der Waals surface area contributed by atoms with Crippen LogP contribution in [0.2, 0.25) is 0 Å². The summed E-state index contributed by atoms with van der Waals surface area (Å²) in [5, 5.41) is 0. The van der Waals surface area contributed by atoms with Crippen LogP contribution in [0.25, 0.3) is 0 Å². The Morgan fingerprint density at radius 1 is 0.958 bits per heavy atom. The summed E-state index contributed by atoms with van der Waals surface area (Å²) in [6, 6.07) is 12.9. The SMILES string of the molecule is CCCC1CCC(c2ccc(C#Cc3ccc(C)cn3)cc2)CC1. The first-order valence-corrected chi connectivity index (χ1v) is 9.29. The summed E-state index contributed by atoms with van der Waals surface area (Å²) in [6.45, 7) is 4.34. The molecule has 2 aromatic rings. The second kappa shape index (κ2) is 8.15. The molecule has 1 heterocycles. The Hall–Kier alpha value is -2.07. The third-order valence-corrected chi connectivity index (χ3v) is 5.17. The predicted octanol–water partition coefficient (Wildman–Crippen LogP) is 5.86. The molecular weight excluding hydrogens is 290 g/mol. The molecule has 3 rings (SSSR count). The van der Waals surface area contributed by atoms with Crippen molar-refractivity contribution in [2.45, 2.75) is 58.3 Å². The van der Waals surface area contributed by atoms with Gasteiger partial charge in [-0.15, -0.1) is 0 Å². The van der Waals surface area contributed by atoms with Crippen LogP contribution in [0.1, 0.15) is 73.8 Å². The monoisotopic (exact) mass is 317 g/mol. The van der Waals surface area contributed by atoms with E-state index >= 15 is 0 Å². The zero-order valence-electron chi connectivity index (χ0n) is 14.9. The second-order valence-electron chi connectivity index (χ2n) is 7.10. The van der Waals surface area contributed by atoms with E-state index < -0.39 is 0 Å². The maximum Gasteiger partial charge on any atom is 0.113 e. The zero-order chi connectivity index (χ0) is 16.8. The lowest BCUT2D eigenvalue weighted by Crippen LogP contribution is -2.13. The van der Waals surface area contributed by atoms with Gasteiger partial charge in [0.05, 0.1) is 0 Å². The molecule has 24 heavy (non-hydrogen) atoms. The van der Waals surface area contributed by atoms with E-state index in [1.54, 1.807) is 0 Å². The van der Waals surface area contributed by atoms with E-state index in [1.807, 2.05) is 19.2 Å². The van der Waals surface area contributed by atoms with Crippen molar-refractivity contribution in [3.63, 3.8) is 0 Å². The molecule has 1 nitrogen and oxygen atoms in total. The van der Waals surface area contributed by atoms with E-state index in [2.05, 4.69) is 54.1 Å². The van der Waals surface area contributed by atoms with Crippen LogP contribution in [-0.2, 0) is 0 Å². The van der Waals surface area contributed by atoms with Crippen molar-refractivity contribution in [2.24, 2.45) is 5.92 Å². The second-order valence-corrected chi connectivity index (χ2v) is 7.10. The molecule has 1 saturated carbocycles. The van der Waals surface area contributed by atoms with E-state index in [-0.39, 0.29) is 0 Å². The third kappa shape index (κ3) is 4.48. The summed E-state index contributed by atoms with van der Waals surface area (Å²) < 4.78 is 0. The first-order valence-electron chi connectivity index (χ1n) is 9.29. The van der Waals surface area contributed by atoms with Gasteiger partial charge in [-0.2, -0.15) is 0 Å². The third-order valence-electron chi connectivity index (χ3n) is 5.17. The normalized spacial score (nSPS) is 20.2. The first-order chi connectivity index (χ1) is 11.7. The molecule has 1 aliphatic rings. The van der Waals surface area contributed by atoms with Gasteiger partial charge < -0.3 is 0 Å². The zero-order valence-corrected chi connectivity index (χ0v) is 14.9. The molecule has 0 saturated heterocycles. The molecule has 0 radical (unpaired) electrons. The van der Waals surface area contributed by atoms with Crippen molar-refractivity contribution >= 4 is 0 Å². The van der Waals surface area contributed by atoms with Gasteiger partial charge >= 0.3 is 0 Å². The van der Waals surface area contributed by atoms with Crippen LogP contribution in [0.15, 0.2) is 42.6 Å². The number of aryl methyl sites for hydroxylation is 1. The van der Waals surface area contributed by atoms with E-state index in [0.717, 1.165) is 23.1 Å². The Bertz CT molecular complexity index is 692. The number of pyridine rings is 1. The fourth-order valence-electron chi connectivity index (χ4n) is 3.71. The van der Waals surface area contributed by atoms with Gasteiger partial charge in [0.2, 0.25) is 0 Å². The Labute approximate surface area is 146 Å². The molecule has 0 spiro atoms. The molecule has 124 valence electrons. The summed E-state index contributed by atoms with van der Waals surface area (Å²) in [4.78, 5) is 4.33. The van der Waals surface area contributed by atoms with Gasteiger partial charge in [0.25, 0.3) is 0 Å². The Kier molecular flexibility index (Phi) is 5.70. The summed E-state index contributed by atoms with van der Waals surface area (Å²) in [6.07, 6.45) is 10.1. The predicted molar refractivity (Wildman–Crippen MR) is 101 cm³/mol. The van der Waals surface area contributed by atoms with Crippen LogP contribution in [0, 0.1) is 24.7 Å². The molecule has 0 unspecified atom stereocenters. The maximum absolute atomic E-state index is 4.33. The highest BCUT2D eigenvalue weighted by atomic mass is 14.7. The van der Waals surface area contributed by atoms with Crippen LogP contribution < -0.4 is 0 Å². The van der Waals surface area contributed by atoms with Crippen LogP contribution in [0.3, 0.4) is 0 Å². The standard InChI is InChI=1S/C23H27N/c1-3-4-19-6-11-21(12-7-19)22-13-8-20(9-14-22)10-16-23-15-5-18(2)17-24-23/h5,8-9,13-15,17,19,21H,3-4,6-7,11-12H2,1-2H3. The molecule has 1 aromatic heterocycles. The van der Waals surface area contributed by atoms with Gasteiger partial charge in [0, 0.05) is 11.8 Å². The van der Waals surface area contributed by atoms with Crippen LogP contribution >= 0.6 is 0 Å². The van der Waals surface area contributed by atoms with Crippen molar-refractivity contribution in [1.82, 2.24) is 4.98 Å². The number of hydrogen-bond acceptors (Lipinski definition) is 1. The minimum absolute atomic E-state index is 0.749. The van der Waals surface area contributed by atoms with Crippen molar-refractivity contribution in [3.05, 3.63) is 65.0 Å². The van der Waals surface area contributed by atoms with Crippen molar-refractivity contribution < 1.29 is 0 Å². The smallest absolute Gasteiger partial charge is 0.113 e. The average molecular weight is 317 g/mol. The molecule has 0 N–H and O–H groups in total. The average Bonchev–Trinajstić information content (AvgIpc) is 2.63. The molecule has 1 aromatic carbocycles. The lowest BCUT2D eigenvalue weighted by molar-refractivity contribution is 0.308. The largest absolute Gasteiger partial charge is 0.248 e. The minimum atomic E-state index is 0.749. The van der Waals surface area contributed by atoms with Gasteiger partial charge in [-0.25, -0.2) is 4.98 Å². The lowest BCUT2D eigenvalue weighted by Gasteiger charge is -2.28. The van der Waals surface area contributed by atoms with E-state index in [1.165, 1.54) is 49.7 Å². The van der Waals surface area contributed by atoms with E-state index in [4.69, 9.17) is 0 Å². The van der Waals surface area contributed by atoms with Gasteiger partial charge in [-0.1, -0.05) is 43.9 Å². The number of hydrogen-bond donors (Lipinski definition) is 0. The van der Waals surface area contributed by atoms with E-state index in [9.17, 15) is 0 Å². The quantitative estimate of drug-likeness (QED) is 0.646. The Balaban J connectivity index is 1.61. The topological polar surface area (TPSA) is 12.9 Å². The molecule has 0 amide bonds. The number of aromatic nitrogens is 1.